The van der Waals surface area contributed by atoms with Crippen molar-refractivity contribution in [2.75, 3.05) is 33.4 Å². The van der Waals surface area contributed by atoms with Crippen molar-refractivity contribution in [2.45, 2.75) is 11.3 Å². The van der Waals surface area contributed by atoms with Crippen LogP contribution in [0.25, 0.3) is 0 Å². The van der Waals surface area contributed by atoms with Crippen molar-refractivity contribution in [3.8, 4) is 0 Å². The number of rotatable bonds is 3. The fourth-order valence-electron chi connectivity index (χ4n) is 2.24. The zero-order chi connectivity index (χ0) is 13.3. The molecule has 6 heteroatoms. The molecule has 100 valence electrons. The Bertz CT molecular complexity index is 435. The third-order valence-corrected chi connectivity index (χ3v) is 4.77. The molecule has 4 nitrogen and oxygen atoms in total. The van der Waals surface area contributed by atoms with Crippen molar-refractivity contribution in [3.05, 3.63) is 22.6 Å². The number of likely N-dealkylation sites (tertiary alicyclic amines) is 1. The Morgan fingerprint density at radius 3 is 2.67 bits per heavy atom. The quantitative estimate of drug-likeness (QED) is 0.849. The molecule has 2 atom stereocenters. The third-order valence-electron chi connectivity index (χ3n) is 3.27. The largest absolute Gasteiger partial charge is 0.444 e. The molecule has 1 aliphatic rings. The molecular formula is C12H17BrN2O2S. The van der Waals surface area contributed by atoms with Gasteiger partial charge < -0.3 is 14.2 Å². The Labute approximate surface area is 120 Å². The summed E-state index contributed by atoms with van der Waals surface area (Å²) in [6.45, 7) is 1.54. The normalized spacial score (nSPS) is 23.9. The monoisotopic (exact) mass is 332 g/mol. The van der Waals surface area contributed by atoms with Crippen molar-refractivity contribution in [3.63, 3.8) is 0 Å². The molecule has 1 amide bonds. The lowest BCUT2D eigenvalue weighted by Gasteiger charge is -2.23. The number of halogens is 1. The van der Waals surface area contributed by atoms with E-state index in [1.165, 1.54) is 0 Å². The number of amides is 1. The maximum atomic E-state index is 12.3. The molecule has 1 aromatic rings. The zero-order valence-corrected chi connectivity index (χ0v) is 13.1. The van der Waals surface area contributed by atoms with E-state index in [-0.39, 0.29) is 5.91 Å². The summed E-state index contributed by atoms with van der Waals surface area (Å²) in [7, 11) is 4.12. The molecule has 0 unspecified atom stereocenters. The summed E-state index contributed by atoms with van der Waals surface area (Å²) in [5.41, 5.74) is 0. The number of hydrogen-bond acceptors (Lipinski definition) is 4. The third kappa shape index (κ3) is 2.75. The van der Waals surface area contributed by atoms with Gasteiger partial charge >= 0.3 is 0 Å². The van der Waals surface area contributed by atoms with E-state index in [2.05, 4.69) is 41.2 Å². The minimum Gasteiger partial charge on any atom is -0.444 e. The lowest BCUT2D eigenvalue weighted by Crippen LogP contribution is -2.37. The molecule has 1 saturated heterocycles. The van der Waals surface area contributed by atoms with Gasteiger partial charge in [-0.3, -0.25) is 4.79 Å². The lowest BCUT2D eigenvalue weighted by atomic mass is 10.2. The van der Waals surface area contributed by atoms with Gasteiger partial charge in [0.15, 0.2) is 10.4 Å². The Hall–Kier alpha value is -0.460. The van der Waals surface area contributed by atoms with Crippen LogP contribution in [0.4, 0.5) is 0 Å². The number of furan rings is 1. The summed E-state index contributed by atoms with van der Waals surface area (Å²) in [5, 5.41) is 0.461. The zero-order valence-electron chi connectivity index (χ0n) is 10.7. The second-order valence-electron chi connectivity index (χ2n) is 4.62. The summed E-state index contributed by atoms with van der Waals surface area (Å²) in [4.78, 5) is 16.3. The maximum absolute atomic E-state index is 12.3. The van der Waals surface area contributed by atoms with Crippen LogP contribution in [0.1, 0.15) is 10.6 Å². The molecular weight excluding hydrogens is 316 g/mol. The fraction of sp³-hybridized carbons (Fsp3) is 0.583. The number of likely N-dealkylation sites (N-methyl/N-ethyl adjacent to an activating group) is 1. The topological polar surface area (TPSA) is 36.7 Å². The summed E-state index contributed by atoms with van der Waals surface area (Å²) in [6.07, 6.45) is 2.10. The molecule has 1 aromatic heterocycles. The smallest absolute Gasteiger partial charge is 0.289 e. The second kappa shape index (κ2) is 5.67. The van der Waals surface area contributed by atoms with E-state index in [1.54, 1.807) is 12.1 Å². The van der Waals surface area contributed by atoms with Gasteiger partial charge in [0.2, 0.25) is 0 Å². The van der Waals surface area contributed by atoms with E-state index >= 15 is 0 Å². The first-order chi connectivity index (χ1) is 8.52. The predicted molar refractivity (Wildman–Crippen MR) is 77.1 cm³/mol. The molecule has 18 heavy (non-hydrogen) atoms. The molecule has 0 aliphatic carbocycles. The number of carbonyl (C=O) groups excluding carboxylic acids is 1. The Balaban J connectivity index is 2.09. The van der Waals surface area contributed by atoms with Crippen LogP contribution in [0, 0.1) is 0 Å². The highest BCUT2D eigenvalue weighted by molar-refractivity contribution is 9.10. The molecule has 0 N–H and O–H groups in total. The van der Waals surface area contributed by atoms with Crippen molar-refractivity contribution >= 4 is 33.6 Å². The molecule has 0 aromatic carbocycles. The molecule has 2 rings (SSSR count). The first kappa shape index (κ1) is 14.0. The minimum absolute atomic E-state index is 0.0240. The van der Waals surface area contributed by atoms with Crippen LogP contribution in [0.2, 0.25) is 0 Å². The number of nitrogens with zero attached hydrogens (tertiary/aromatic N) is 2. The van der Waals surface area contributed by atoms with Crippen molar-refractivity contribution in [1.29, 1.82) is 0 Å². The van der Waals surface area contributed by atoms with Gasteiger partial charge in [0, 0.05) is 24.4 Å². The first-order valence-electron chi connectivity index (χ1n) is 5.76. The number of thioether (sulfide) groups is 1. The van der Waals surface area contributed by atoms with Gasteiger partial charge in [0.1, 0.15) is 0 Å². The van der Waals surface area contributed by atoms with Gasteiger partial charge in [0.25, 0.3) is 5.91 Å². The van der Waals surface area contributed by atoms with Gasteiger partial charge in [-0.2, -0.15) is 11.8 Å². The summed E-state index contributed by atoms with van der Waals surface area (Å²) in [5.74, 6) is 0.380. The van der Waals surface area contributed by atoms with Crippen molar-refractivity contribution in [1.82, 2.24) is 9.80 Å². The molecule has 0 bridgehead atoms. The van der Waals surface area contributed by atoms with Crippen LogP contribution in [-0.4, -0.2) is 60.4 Å². The van der Waals surface area contributed by atoms with E-state index in [1.807, 2.05) is 16.7 Å². The van der Waals surface area contributed by atoms with Crippen LogP contribution in [0.5, 0.6) is 0 Å². The van der Waals surface area contributed by atoms with Crippen LogP contribution in [0.15, 0.2) is 21.2 Å². The predicted octanol–water partition coefficient (Wildman–Crippen LogP) is 2.16. The van der Waals surface area contributed by atoms with E-state index < -0.39 is 0 Å². The summed E-state index contributed by atoms with van der Waals surface area (Å²) in [6, 6.07) is 3.87. The molecule has 0 radical (unpaired) electrons. The van der Waals surface area contributed by atoms with E-state index in [9.17, 15) is 4.79 Å². The second-order valence-corrected chi connectivity index (χ2v) is 6.48. The van der Waals surface area contributed by atoms with E-state index in [4.69, 9.17) is 4.42 Å². The average molecular weight is 333 g/mol. The first-order valence-corrected chi connectivity index (χ1v) is 7.85. The number of hydrogen-bond donors (Lipinski definition) is 0. The van der Waals surface area contributed by atoms with Crippen molar-refractivity contribution in [2.24, 2.45) is 0 Å². The summed E-state index contributed by atoms with van der Waals surface area (Å²) >= 11 is 5.03. The highest BCUT2D eigenvalue weighted by Gasteiger charge is 2.37. The molecule has 0 saturated carbocycles. The molecule has 2 heterocycles. The molecule has 1 fully saturated rings. The van der Waals surface area contributed by atoms with Gasteiger partial charge in [0.05, 0.1) is 0 Å². The van der Waals surface area contributed by atoms with Gasteiger partial charge in [-0.05, 0) is 48.4 Å². The Morgan fingerprint density at radius 1 is 1.50 bits per heavy atom. The van der Waals surface area contributed by atoms with Crippen LogP contribution < -0.4 is 0 Å². The van der Waals surface area contributed by atoms with Gasteiger partial charge in [-0.25, -0.2) is 0 Å². The Morgan fingerprint density at radius 2 is 2.22 bits per heavy atom. The standard InChI is InChI=1S/C12H17BrN2O2S/c1-14(2)8-6-15(7-10(8)18-3)12(16)9-4-5-11(13)17-9/h4-5,8,10H,6-7H2,1-3H3/t8-,10+/m1/s1. The van der Waals surface area contributed by atoms with Crippen LogP contribution in [-0.2, 0) is 0 Å². The Kier molecular flexibility index (Phi) is 4.40. The number of carbonyl (C=O) groups is 1. The van der Waals surface area contributed by atoms with Gasteiger partial charge in [-0.1, -0.05) is 0 Å². The molecule has 1 aliphatic heterocycles. The van der Waals surface area contributed by atoms with Gasteiger partial charge in [-0.15, -0.1) is 0 Å². The van der Waals surface area contributed by atoms with E-state index in [0.717, 1.165) is 13.1 Å². The average Bonchev–Trinajstić information content (AvgIpc) is 2.93. The minimum atomic E-state index is -0.0240. The van der Waals surface area contributed by atoms with Crippen molar-refractivity contribution < 1.29 is 9.21 Å². The lowest BCUT2D eigenvalue weighted by molar-refractivity contribution is 0.0750. The summed E-state index contributed by atoms with van der Waals surface area (Å²) < 4.78 is 5.92. The SMILES string of the molecule is CS[C@H]1CN(C(=O)c2ccc(Br)o2)C[C@H]1N(C)C. The van der Waals surface area contributed by atoms with Crippen LogP contribution >= 0.6 is 27.7 Å². The maximum Gasteiger partial charge on any atom is 0.289 e. The van der Waals surface area contributed by atoms with E-state index in [0.29, 0.717) is 21.7 Å². The van der Waals surface area contributed by atoms with Crippen LogP contribution in [0.3, 0.4) is 0 Å². The fourth-order valence-corrected chi connectivity index (χ4v) is 3.51. The highest BCUT2D eigenvalue weighted by atomic mass is 79.9. The molecule has 0 spiro atoms. The highest BCUT2D eigenvalue weighted by Crippen LogP contribution is 2.26.